The maximum Gasteiger partial charge on any atom is 0.641 e. The van der Waals surface area contributed by atoms with Gasteiger partial charge in [-0.15, -0.1) is 0 Å². The van der Waals surface area contributed by atoms with E-state index in [1.165, 1.54) is 10.4 Å². The highest BCUT2D eigenvalue weighted by molar-refractivity contribution is 7.00. The molecule has 0 unspecified atom stereocenters. The van der Waals surface area contributed by atoms with E-state index in [0.717, 1.165) is 20.7 Å². The summed E-state index contributed by atoms with van der Waals surface area (Å²) in [6.45, 7) is 102. The van der Waals surface area contributed by atoms with E-state index in [0.29, 0.717) is 0 Å². The summed E-state index contributed by atoms with van der Waals surface area (Å²) in [6.07, 6.45) is 0. The Balaban J connectivity index is 0.000000618. The first kappa shape index (κ1) is 142. The van der Waals surface area contributed by atoms with E-state index < -0.39 is 296 Å². The van der Waals surface area contributed by atoms with Crippen LogP contribution < -0.4 is 31.1 Å². The largest absolute Gasteiger partial charge is 0.641 e. The molecule has 6 aromatic rings. The third-order valence-corrected chi connectivity index (χ3v) is 108. The Morgan fingerprint density at radius 1 is 0.124 bits per heavy atom. The van der Waals surface area contributed by atoms with Gasteiger partial charge in [0.1, 0.15) is 0 Å². The van der Waals surface area contributed by atoms with Crippen LogP contribution in [0.25, 0.3) is 0 Å². The monoisotopic (exact) mass is 2580 g/mol. The molecule has 61 heteroatoms. The fourth-order valence-electron chi connectivity index (χ4n) is 14.3. The second-order valence-corrected chi connectivity index (χ2v) is 133. The average molecular weight is 2580 g/mol. The fourth-order valence-corrected chi connectivity index (χ4v) is 118. The highest BCUT2D eigenvalue weighted by Crippen LogP contribution is 2.33. The summed E-state index contributed by atoms with van der Waals surface area (Å²) >= 11 is 0. The molecule has 0 N–H and O–H groups in total. The van der Waals surface area contributed by atoms with Crippen molar-refractivity contribution < 1.29 is 115 Å². The molecule has 0 aliphatic carbocycles. The van der Waals surface area contributed by atoms with Crippen LogP contribution in [0.2, 0.25) is 314 Å². The Morgan fingerprint density at radius 2 is 0.241 bits per heavy atom. The lowest BCUT2D eigenvalue weighted by Gasteiger charge is -2.43. The number of rotatable bonds is 62. The van der Waals surface area contributed by atoms with E-state index in [9.17, 15) is 0 Å². The molecule has 0 aliphatic heterocycles. The summed E-state index contributed by atoms with van der Waals surface area (Å²) in [5.74, 6) is 0. The smallest absolute Gasteiger partial charge is 0.433 e. The van der Waals surface area contributed by atoms with Crippen LogP contribution in [0.5, 0.6) is 0 Å². The lowest BCUT2D eigenvalue weighted by molar-refractivity contribution is 0.0757. The molecule has 145 heavy (non-hydrogen) atoms. The standard InChI is InChI=1S/C22H44O6Si7.C20H38O5Si6.C16H24O2Si3.C14H48O8Si9.C12H42O7Si8/c1-29(2)23-34(24-30(3)4,21-17-13-11-14-18-21)27-33(9,10)28-35(25-31(5)6,26-32(7)8)22-19-15-12-16-20-22;1-26(2)21-30(22-27(3)4,19-15-11-9-12-16-19)25-31(23-28(5)6,24-29(7)8)20-17-13-10-14-18-20;1-19(2)17-21(18-20(3)4,15-11-7-5-8-12-15)16-13-9-6-10-14-16;1-23(2)15-30(16-24(3)4,17-25(5)6)21-29(13,14)22-31(18-26(7)8,19-27(9)10)20-28(11)12;1-20(2)13-26(14-21(3)4,15-22(5)6)19-27(16-23(7)8,17-24(9)10)18-25(11)12/h11-20,29-32H,1-10H3;9-18,26-29H,1-8H3;5-14,19-20H,1-4H3;23-28H,1-14H3;20-25H,1-12H3. The zero-order valence-corrected chi connectivity index (χ0v) is 134. The highest BCUT2D eigenvalue weighted by Gasteiger charge is 2.64. The molecular formula is C84H196O28Si33. The van der Waals surface area contributed by atoms with Crippen LogP contribution in [0, 0.1) is 0 Å². The second-order valence-electron chi connectivity index (χ2n) is 42.1. The van der Waals surface area contributed by atoms with Gasteiger partial charge in [-0.1, -0.05) is 182 Å². The van der Waals surface area contributed by atoms with Gasteiger partial charge in [-0.25, -0.2) is 0 Å². The molecule has 28 nitrogen and oxygen atoms in total. The Hall–Kier alpha value is 1.36. The van der Waals surface area contributed by atoms with Crippen LogP contribution in [0.15, 0.2) is 182 Å². The highest BCUT2D eigenvalue weighted by atomic mass is 28.6. The lowest BCUT2D eigenvalue weighted by atomic mass is 10.4. The normalized spacial score (nSPS) is 13.4. The summed E-state index contributed by atoms with van der Waals surface area (Å²) in [5.41, 5.74) is 0. The van der Waals surface area contributed by atoms with Crippen LogP contribution >= 0.6 is 0 Å². The van der Waals surface area contributed by atoms with Gasteiger partial charge in [-0.2, -0.15) is 0 Å². The van der Waals surface area contributed by atoms with Crippen LogP contribution in [0.1, 0.15) is 0 Å². The summed E-state index contributed by atoms with van der Waals surface area (Å²) < 4.78 is 185. The first-order chi connectivity index (χ1) is 67.0. The zero-order valence-electron chi connectivity index (χ0n) is 98.0. The average Bonchev–Trinajstić information content (AvgIpc) is 0.753. The third kappa shape index (κ3) is 55.8. The van der Waals surface area contributed by atoms with Gasteiger partial charge in [0.2, 0.25) is 0 Å². The summed E-state index contributed by atoms with van der Waals surface area (Å²) in [7, 11) is -67.1. The molecule has 6 aromatic carbocycles. The minimum absolute atomic E-state index is 0.994. The number of hydrogen-bond acceptors (Lipinski definition) is 28. The van der Waals surface area contributed by atoms with Crippen LogP contribution in [0.4, 0.5) is 0 Å². The molecule has 0 aliphatic rings. The van der Waals surface area contributed by atoms with Crippen molar-refractivity contribution in [2.45, 2.75) is 314 Å². The predicted octanol–water partition coefficient (Wildman–Crippen LogP) is 12.8. The Labute approximate surface area is 929 Å². The minimum atomic E-state index is -3.38. The molecule has 0 bridgehead atoms. The van der Waals surface area contributed by atoms with Crippen molar-refractivity contribution in [1.82, 2.24) is 0 Å². The van der Waals surface area contributed by atoms with Crippen LogP contribution in [-0.4, -0.2) is 296 Å². The van der Waals surface area contributed by atoms with E-state index in [1.54, 1.807) is 0 Å². The van der Waals surface area contributed by atoms with Crippen molar-refractivity contribution in [3.8, 4) is 0 Å². The van der Waals surface area contributed by atoms with Gasteiger partial charge in [-0.3, -0.25) is 0 Å². The number of benzene rings is 6. The zero-order chi connectivity index (χ0) is 111. The van der Waals surface area contributed by atoms with Crippen LogP contribution in [0.3, 0.4) is 0 Å². The quantitative estimate of drug-likeness (QED) is 0.0321. The first-order valence-electron chi connectivity index (χ1n) is 52.5. The van der Waals surface area contributed by atoms with Gasteiger partial charge in [0.15, 0.2) is 199 Å². The van der Waals surface area contributed by atoms with Gasteiger partial charge in [0.25, 0.3) is 0 Å². The topological polar surface area (TPSA) is 258 Å². The first-order valence-corrected chi connectivity index (χ1v) is 135. The molecule has 6 rings (SSSR count). The fraction of sp³-hybridized carbons (Fsp3) is 0.571. The van der Waals surface area contributed by atoms with Crippen molar-refractivity contribution in [2.24, 2.45) is 0 Å². The lowest BCUT2D eigenvalue weighted by Crippen LogP contribution is -2.72. The van der Waals surface area contributed by atoms with Crippen molar-refractivity contribution in [1.29, 1.82) is 0 Å². The van der Waals surface area contributed by atoms with Crippen LogP contribution in [-0.2, 0) is 115 Å². The number of hydrogen-bond donors (Lipinski definition) is 0. The second kappa shape index (κ2) is 69.1. The molecule has 0 atom stereocenters. The molecule has 0 aromatic heterocycles. The molecule has 0 saturated heterocycles. The SMILES string of the molecule is C[SiH](C)O[Si](O[SiH](C)C)(O[SiH](C)C)O[Si](C)(C)O[Si](O[SiH](C)C)(O[SiH](C)C)O[SiH](C)C.C[SiH](C)O[Si](O[SiH](C)C)(O[SiH](C)C)O[Si](O[SiH](C)C)(O[SiH](C)C)O[SiH](C)C.C[SiH](C)O[Si](O[SiH](C)C)(O[Si](C)(C)O[Si](O[SiH](C)C)(O[SiH](C)C)c1ccccc1)c1ccccc1.C[SiH](C)O[Si](O[SiH](C)C)(O[Si](O[SiH](C)C)(O[SiH](C)C)c1ccccc1)c1ccccc1.C[SiH](C)O[Si](O[SiH](C)C)(c1ccccc1)c1ccccc1. The van der Waals surface area contributed by atoms with Gasteiger partial charge < -0.3 is 115 Å². The van der Waals surface area contributed by atoms with E-state index in [-0.39, 0.29) is 0 Å². The molecule has 0 spiro atoms. The third-order valence-electron chi connectivity index (χ3n) is 17.3. The molecule has 0 saturated carbocycles. The Morgan fingerprint density at radius 3 is 0.379 bits per heavy atom. The van der Waals surface area contributed by atoms with E-state index in [4.69, 9.17) is 115 Å². The molecule has 832 valence electrons. The molecule has 0 amide bonds. The maximum absolute atomic E-state index is 7.17. The summed E-state index contributed by atoms with van der Waals surface area (Å²) in [4.78, 5) is 0. The van der Waals surface area contributed by atoms with Gasteiger partial charge in [0.05, 0.1) is 0 Å². The molecular weight excluding hydrogens is 2380 g/mol. The van der Waals surface area contributed by atoms with Gasteiger partial charge >= 0.3 is 97.1 Å². The van der Waals surface area contributed by atoms with E-state index in [2.05, 4.69) is 398 Å². The predicted molar refractivity (Wildman–Crippen MR) is 689 cm³/mol. The Bertz CT molecular complexity index is 3960. The van der Waals surface area contributed by atoms with Crippen molar-refractivity contribution >= 4 is 327 Å². The Kier molecular flexibility index (Phi) is 67.9. The van der Waals surface area contributed by atoms with Gasteiger partial charge in [0, 0.05) is 20.7 Å². The van der Waals surface area contributed by atoms with Crippen molar-refractivity contribution in [3.63, 3.8) is 0 Å². The van der Waals surface area contributed by atoms with Gasteiger partial charge in [-0.05, 0) is 325 Å². The van der Waals surface area contributed by atoms with Crippen molar-refractivity contribution in [3.05, 3.63) is 182 Å². The maximum atomic E-state index is 7.17. The van der Waals surface area contributed by atoms with Crippen molar-refractivity contribution in [2.75, 3.05) is 0 Å². The van der Waals surface area contributed by atoms with E-state index in [1.807, 2.05) is 98.0 Å². The summed E-state index contributed by atoms with van der Waals surface area (Å²) in [5, 5.41) is 6.42. The van der Waals surface area contributed by atoms with E-state index >= 15 is 0 Å². The molecule has 0 fully saturated rings. The summed E-state index contributed by atoms with van der Waals surface area (Å²) in [6, 6.07) is 61.9. The molecule has 0 radical (unpaired) electrons. The minimum Gasteiger partial charge on any atom is -0.433 e. The molecule has 0 heterocycles.